The van der Waals surface area contributed by atoms with Crippen molar-refractivity contribution in [1.29, 1.82) is 0 Å². The first-order valence-corrected chi connectivity index (χ1v) is 7.91. The third-order valence-corrected chi connectivity index (χ3v) is 3.68. The molecule has 17 heavy (non-hydrogen) atoms. The molecule has 0 amide bonds. The molecule has 0 rings (SSSR count). The molecule has 0 aromatic heterocycles. The molecule has 0 saturated heterocycles. The molecule has 0 aromatic carbocycles. The predicted octanol–water partition coefficient (Wildman–Crippen LogP) is 5.46. The minimum absolute atomic E-state index is 0.354. The zero-order chi connectivity index (χ0) is 13.0. The second-order valence-electron chi connectivity index (χ2n) is 5.60. The second-order valence-corrected chi connectivity index (χ2v) is 5.60. The number of rotatable bonds is 12. The second kappa shape index (κ2) is 11.1. The standard InChI is InChI=1S/C16H34O/c1-4-7-8-9-10-11-12-15-16(17,13-5-2)14-6-3/h17H,4-15H2,1-3H3. The summed E-state index contributed by atoms with van der Waals surface area (Å²) in [5.74, 6) is 0. The number of hydrogen-bond acceptors (Lipinski definition) is 1. The molecule has 0 aliphatic carbocycles. The fraction of sp³-hybridized carbons (Fsp3) is 1.00. The third kappa shape index (κ3) is 9.64. The summed E-state index contributed by atoms with van der Waals surface area (Å²) in [5, 5.41) is 10.5. The predicted molar refractivity (Wildman–Crippen MR) is 77.4 cm³/mol. The van der Waals surface area contributed by atoms with Crippen molar-refractivity contribution >= 4 is 0 Å². The fourth-order valence-electron chi connectivity index (χ4n) is 2.72. The van der Waals surface area contributed by atoms with Gasteiger partial charge in [-0.2, -0.15) is 0 Å². The number of hydrogen-bond donors (Lipinski definition) is 1. The smallest absolute Gasteiger partial charge is 0.0647 e. The zero-order valence-electron chi connectivity index (χ0n) is 12.4. The summed E-state index contributed by atoms with van der Waals surface area (Å²) in [6, 6.07) is 0. The minimum atomic E-state index is -0.354. The van der Waals surface area contributed by atoms with E-state index in [4.69, 9.17) is 0 Å². The van der Waals surface area contributed by atoms with Crippen LogP contribution in [0.5, 0.6) is 0 Å². The first kappa shape index (κ1) is 17.0. The molecule has 1 nitrogen and oxygen atoms in total. The van der Waals surface area contributed by atoms with Gasteiger partial charge in [-0.05, 0) is 19.3 Å². The van der Waals surface area contributed by atoms with E-state index < -0.39 is 0 Å². The summed E-state index contributed by atoms with van der Waals surface area (Å²) in [4.78, 5) is 0. The maximum atomic E-state index is 10.5. The third-order valence-electron chi connectivity index (χ3n) is 3.68. The first-order chi connectivity index (χ1) is 8.18. The SMILES string of the molecule is CCCCCCCCCC(O)(CCC)CCC. The van der Waals surface area contributed by atoms with E-state index in [2.05, 4.69) is 20.8 Å². The van der Waals surface area contributed by atoms with E-state index in [-0.39, 0.29) is 5.60 Å². The maximum absolute atomic E-state index is 10.5. The highest BCUT2D eigenvalue weighted by Crippen LogP contribution is 2.26. The molecule has 0 spiro atoms. The monoisotopic (exact) mass is 242 g/mol. The Hall–Kier alpha value is -0.0400. The topological polar surface area (TPSA) is 20.2 Å². The molecule has 0 bridgehead atoms. The van der Waals surface area contributed by atoms with Crippen LogP contribution in [0.3, 0.4) is 0 Å². The Bertz CT molecular complexity index is 148. The Morgan fingerprint density at radius 2 is 1.06 bits per heavy atom. The Morgan fingerprint density at radius 3 is 1.53 bits per heavy atom. The average Bonchev–Trinajstić information content (AvgIpc) is 2.28. The molecule has 0 fully saturated rings. The van der Waals surface area contributed by atoms with E-state index in [1.54, 1.807) is 0 Å². The van der Waals surface area contributed by atoms with Crippen LogP contribution in [0.25, 0.3) is 0 Å². The van der Waals surface area contributed by atoms with Gasteiger partial charge in [-0.25, -0.2) is 0 Å². The van der Waals surface area contributed by atoms with Gasteiger partial charge in [0.25, 0.3) is 0 Å². The molecule has 1 N–H and O–H groups in total. The van der Waals surface area contributed by atoms with Crippen LogP contribution >= 0.6 is 0 Å². The number of unbranched alkanes of at least 4 members (excludes halogenated alkanes) is 6. The normalized spacial score (nSPS) is 12.0. The number of aliphatic hydroxyl groups is 1. The largest absolute Gasteiger partial charge is 0.390 e. The van der Waals surface area contributed by atoms with E-state index >= 15 is 0 Å². The molecule has 0 heterocycles. The van der Waals surface area contributed by atoms with Crippen LogP contribution in [-0.2, 0) is 0 Å². The molecule has 0 atom stereocenters. The Labute approximate surface area is 109 Å². The van der Waals surface area contributed by atoms with Crippen molar-refractivity contribution in [2.24, 2.45) is 0 Å². The molecular formula is C16H34O. The Kier molecular flexibility index (Phi) is 11.0. The van der Waals surface area contributed by atoms with Gasteiger partial charge in [0.2, 0.25) is 0 Å². The van der Waals surface area contributed by atoms with Gasteiger partial charge < -0.3 is 5.11 Å². The van der Waals surface area contributed by atoms with Gasteiger partial charge in [-0.3, -0.25) is 0 Å². The van der Waals surface area contributed by atoms with Crippen molar-refractivity contribution in [2.45, 2.75) is 103 Å². The lowest BCUT2D eigenvalue weighted by Crippen LogP contribution is -2.28. The van der Waals surface area contributed by atoms with Crippen molar-refractivity contribution in [1.82, 2.24) is 0 Å². The lowest BCUT2D eigenvalue weighted by molar-refractivity contribution is 0.0105. The van der Waals surface area contributed by atoms with Gasteiger partial charge in [0, 0.05) is 0 Å². The summed E-state index contributed by atoms with van der Waals surface area (Å²) in [6.07, 6.45) is 14.5. The van der Waals surface area contributed by atoms with Gasteiger partial charge >= 0.3 is 0 Å². The van der Waals surface area contributed by atoms with E-state index in [1.165, 1.54) is 44.9 Å². The van der Waals surface area contributed by atoms with E-state index in [9.17, 15) is 5.11 Å². The van der Waals surface area contributed by atoms with Gasteiger partial charge in [-0.1, -0.05) is 78.6 Å². The van der Waals surface area contributed by atoms with Crippen LogP contribution in [0.15, 0.2) is 0 Å². The molecule has 1 heteroatoms. The molecule has 104 valence electrons. The van der Waals surface area contributed by atoms with Gasteiger partial charge in [0.1, 0.15) is 0 Å². The van der Waals surface area contributed by atoms with Crippen molar-refractivity contribution in [2.75, 3.05) is 0 Å². The minimum Gasteiger partial charge on any atom is -0.390 e. The van der Waals surface area contributed by atoms with E-state index in [0.29, 0.717) is 0 Å². The highest BCUT2D eigenvalue weighted by molar-refractivity contribution is 4.77. The Balaban J connectivity index is 3.54. The van der Waals surface area contributed by atoms with Gasteiger partial charge in [0.05, 0.1) is 5.60 Å². The van der Waals surface area contributed by atoms with E-state index in [0.717, 1.165) is 32.1 Å². The highest BCUT2D eigenvalue weighted by Gasteiger charge is 2.23. The van der Waals surface area contributed by atoms with Crippen molar-refractivity contribution in [3.8, 4) is 0 Å². The summed E-state index contributed by atoms with van der Waals surface area (Å²) in [6.45, 7) is 6.60. The van der Waals surface area contributed by atoms with Gasteiger partial charge in [0.15, 0.2) is 0 Å². The van der Waals surface area contributed by atoms with Crippen LogP contribution < -0.4 is 0 Å². The van der Waals surface area contributed by atoms with Crippen molar-refractivity contribution < 1.29 is 5.11 Å². The van der Waals surface area contributed by atoms with Crippen LogP contribution in [-0.4, -0.2) is 10.7 Å². The molecule has 0 saturated carbocycles. The summed E-state index contributed by atoms with van der Waals surface area (Å²) in [5.41, 5.74) is -0.354. The maximum Gasteiger partial charge on any atom is 0.0647 e. The van der Waals surface area contributed by atoms with E-state index in [1.807, 2.05) is 0 Å². The summed E-state index contributed by atoms with van der Waals surface area (Å²) < 4.78 is 0. The molecule has 0 aromatic rings. The molecular weight excluding hydrogens is 208 g/mol. The average molecular weight is 242 g/mol. The molecule has 0 unspecified atom stereocenters. The first-order valence-electron chi connectivity index (χ1n) is 7.91. The van der Waals surface area contributed by atoms with Crippen molar-refractivity contribution in [3.05, 3.63) is 0 Å². The van der Waals surface area contributed by atoms with Crippen molar-refractivity contribution in [3.63, 3.8) is 0 Å². The van der Waals surface area contributed by atoms with Gasteiger partial charge in [-0.15, -0.1) is 0 Å². The Morgan fingerprint density at radius 1 is 0.588 bits per heavy atom. The molecule has 0 radical (unpaired) electrons. The molecule has 0 aliphatic heterocycles. The van der Waals surface area contributed by atoms with Crippen LogP contribution in [0.2, 0.25) is 0 Å². The van der Waals surface area contributed by atoms with Crippen LogP contribution in [0.4, 0.5) is 0 Å². The fourth-order valence-corrected chi connectivity index (χ4v) is 2.72. The van der Waals surface area contributed by atoms with Crippen LogP contribution in [0, 0.1) is 0 Å². The lowest BCUT2D eigenvalue weighted by Gasteiger charge is -2.27. The summed E-state index contributed by atoms with van der Waals surface area (Å²) in [7, 11) is 0. The highest BCUT2D eigenvalue weighted by atomic mass is 16.3. The molecule has 0 aliphatic rings. The van der Waals surface area contributed by atoms with Crippen LogP contribution in [0.1, 0.15) is 97.8 Å². The quantitative estimate of drug-likeness (QED) is 0.451. The summed E-state index contributed by atoms with van der Waals surface area (Å²) >= 11 is 0. The lowest BCUT2D eigenvalue weighted by atomic mass is 9.87. The zero-order valence-corrected chi connectivity index (χ0v) is 12.4.